The molecule has 5 heteroatoms. The van der Waals surface area contributed by atoms with Gasteiger partial charge in [0.15, 0.2) is 0 Å². The lowest BCUT2D eigenvalue weighted by molar-refractivity contribution is -0.120. The minimum atomic E-state index is -0.490. The number of rotatable bonds is 6. The van der Waals surface area contributed by atoms with Crippen LogP contribution in [0, 0.1) is 18.8 Å². The SMILES string of the molecule is CCC(C)C.CCC(C)C(C)=O.CCCCC.Cc1cc2c(cc1C=O)CN(C(=O)OC(C)(C)C)C2. The summed E-state index contributed by atoms with van der Waals surface area (Å²) in [6, 6.07) is 3.84. The number of aldehydes is 1. The molecule has 0 fully saturated rings. The molecule has 2 rings (SSSR count). The van der Waals surface area contributed by atoms with Gasteiger partial charge in [0, 0.05) is 24.6 Å². The number of Topliss-reactive ketones (excluding diaryl/α,β-unsaturated/α-hetero) is 1. The summed E-state index contributed by atoms with van der Waals surface area (Å²) in [6.07, 6.45) is 6.89. The van der Waals surface area contributed by atoms with E-state index in [4.69, 9.17) is 4.74 Å². The molecule has 0 spiro atoms. The molecule has 1 aliphatic rings. The van der Waals surface area contributed by atoms with E-state index < -0.39 is 5.60 Å². The van der Waals surface area contributed by atoms with Gasteiger partial charge in [0.05, 0.1) is 0 Å². The topological polar surface area (TPSA) is 63.7 Å². The Bertz CT molecular complexity index is 776. The zero-order valence-corrected chi connectivity index (χ0v) is 25.4. The van der Waals surface area contributed by atoms with Crippen LogP contribution in [0.5, 0.6) is 0 Å². The Morgan fingerprint density at radius 1 is 0.972 bits per heavy atom. The maximum atomic E-state index is 12.0. The van der Waals surface area contributed by atoms with Gasteiger partial charge in [-0.05, 0) is 69.7 Å². The molecule has 1 aliphatic heterocycles. The molecule has 1 heterocycles. The van der Waals surface area contributed by atoms with Gasteiger partial charge in [0.25, 0.3) is 0 Å². The molecular weight excluding hydrogens is 450 g/mol. The highest BCUT2D eigenvalue weighted by molar-refractivity contribution is 5.78. The zero-order chi connectivity index (χ0) is 28.5. The third-order valence-corrected chi connectivity index (χ3v) is 5.92. The van der Waals surface area contributed by atoms with Gasteiger partial charge >= 0.3 is 6.09 Å². The van der Waals surface area contributed by atoms with Gasteiger partial charge in [-0.2, -0.15) is 0 Å². The van der Waals surface area contributed by atoms with Crippen LogP contribution in [-0.4, -0.2) is 28.7 Å². The van der Waals surface area contributed by atoms with Gasteiger partial charge < -0.3 is 4.74 Å². The molecule has 1 atom stereocenters. The molecule has 1 unspecified atom stereocenters. The monoisotopic (exact) mass is 505 g/mol. The highest BCUT2D eigenvalue weighted by atomic mass is 16.6. The van der Waals surface area contributed by atoms with Crippen LogP contribution < -0.4 is 0 Å². The lowest BCUT2D eigenvalue weighted by atomic mass is 10.0. The smallest absolute Gasteiger partial charge is 0.410 e. The van der Waals surface area contributed by atoms with Crippen molar-refractivity contribution in [2.45, 2.75) is 134 Å². The van der Waals surface area contributed by atoms with E-state index >= 15 is 0 Å². The molecule has 1 aromatic carbocycles. The van der Waals surface area contributed by atoms with Crippen molar-refractivity contribution >= 4 is 18.2 Å². The number of amides is 1. The average Bonchev–Trinajstić information content (AvgIpc) is 3.21. The number of benzene rings is 1. The van der Waals surface area contributed by atoms with Gasteiger partial charge in [-0.1, -0.05) is 80.2 Å². The van der Waals surface area contributed by atoms with Gasteiger partial charge in [-0.15, -0.1) is 0 Å². The number of ether oxygens (including phenoxy) is 1. The van der Waals surface area contributed by atoms with Crippen molar-refractivity contribution in [2.24, 2.45) is 11.8 Å². The van der Waals surface area contributed by atoms with Crippen molar-refractivity contribution in [3.63, 3.8) is 0 Å². The Labute approximate surface area is 222 Å². The van der Waals surface area contributed by atoms with Gasteiger partial charge in [-0.3, -0.25) is 14.5 Å². The summed E-state index contributed by atoms with van der Waals surface area (Å²) < 4.78 is 5.36. The number of hydrogen-bond donors (Lipinski definition) is 0. The Balaban J connectivity index is 0. The minimum absolute atomic E-state index is 0.264. The minimum Gasteiger partial charge on any atom is -0.444 e. The first-order valence-corrected chi connectivity index (χ1v) is 13.7. The number of carbonyl (C=O) groups excluding carboxylic acids is 3. The van der Waals surface area contributed by atoms with Crippen LogP contribution in [0.15, 0.2) is 12.1 Å². The van der Waals surface area contributed by atoms with Crippen molar-refractivity contribution in [2.75, 3.05) is 0 Å². The van der Waals surface area contributed by atoms with E-state index in [2.05, 4.69) is 34.6 Å². The van der Waals surface area contributed by atoms with Crippen molar-refractivity contribution in [3.05, 3.63) is 34.4 Å². The maximum absolute atomic E-state index is 12.0. The molecule has 0 saturated carbocycles. The second kappa shape index (κ2) is 19.0. The predicted molar refractivity (Wildman–Crippen MR) is 153 cm³/mol. The summed E-state index contributed by atoms with van der Waals surface area (Å²) in [4.78, 5) is 35.0. The van der Waals surface area contributed by atoms with Gasteiger partial charge in [-0.25, -0.2) is 4.79 Å². The fourth-order valence-corrected chi connectivity index (χ4v) is 2.82. The molecule has 0 aliphatic carbocycles. The molecule has 0 saturated heterocycles. The summed E-state index contributed by atoms with van der Waals surface area (Å²) in [6.45, 7) is 25.2. The fourth-order valence-electron chi connectivity index (χ4n) is 2.82. The molecule has 0 aromatic heterocycles. The van der Waals surface area contributed by atoms with E-state index in [0.29, 0.717) is 24.4 Å². The number of aryl methyl sites for hydroxylation is 1. The number of fused-ring (bicyclic) bond motifs is 1. The molecule has 0 bridgehead atoms. The average molecular weight is 506 g/mol. The Morgan fingerprint density at radius 3 is 1.72 bits per heavy atom. The lowest BCUT2D eigenvalue weighted by Gasteiger charge is -2.24. The predicted octanol–water partition coefficient (Wildman–Crippen LogP) is 8.93. The van der Waals surface area contributed by atoms with Crippen LogP contribution in [-0.2, 0) is 22.6 Å². The molecule has 36 heavy (non-hydrogen) atoms. The highest BCUT2D eigenvalue weighted by Gasteiger charge is 2.28. The first-order chi connectivity index (χ1) is 16.7. The fraction of sp³-hybridized carbons (Fsp3) is 0.710. The summed E-state index contributed by atoms with van der Waals surface area (Å²) in [5.74, 6) is 1.44. The summed E-state index contributed by atoms with van der Waals surface area (Å²) >= 11 is 0. The third kappa shape index (κ3) is 16.5. The van der Waals surface area contributed by atoms with E-state index in [9.17, 15) is 14.4 Å². The standard InChI is InChI=1S/C15H19NO3.C6H12O.2C5H12/c1-10-5-11-7-16(14(18)19-15(2,3)4)8-12(11)6-13(10)9-17;1-4-5(2)6(3)7;1-4-5(2)3;1-3-5-4-2/h5-6,9H,7-8H2,1-4H3;5H,4H2,1-3H3;5H,4H2,1-3H3;3-5H2,1-2H3. The first kappa shape index (κ1) is 36.0. The van der Waals surface area contributed by atoms with Crippen LogP contribution in [0.3, 0.4) is 0 Å². The number of ketones is 1. The molecule has 0 N–H and O–H groups in total. The highest BCUT2D eigenvalue weighted by Crippen LogP contribution is 2.27. The van der Waals surface area contributed by atoms with Crippen LogP contribution >= 0.6 is 0 Å². The van der Waals surface area contributed by atoms with E-state index in [1.165, 1.54) is 25.7 Å². The van der Waals surface area contributed by atoms with Crippen molar-refractivity contribution in [3.8, 4) is 0 Å². The quantitative estimate of drug-likeness (QED) is 0.362. The molecule has 5 nitrogen and oxygen atoms in total. The van der Waals surface area contributed by atoms with E-state index in [1.54, 1.807) is 11.8 Å². The molecule has 0 radical (unpaired) electrons. The maximum Gasteiger partial charge on any atom is 0.410 e. The van der Waals surface area contributed by atoms with Crippen LogP contribution in [0.2, 0.25) is 0 Å². The van der Waals surface area contributed by atoms with Crippen molar-refractivity contribution < 1.29 is 19.1 Å². The van der Waals surface area contributed by atoms with Crippen molar-refractivity contribution in [1.29, 1.82) is 0 Å². The molecule has 1 amide bonds. The Morgan fingerprint density at radius 2 is 1.44 bits per heavy atom. The second-order valence-electron chi connectivity index (χ2n) is 11.0. The number of unbranched alkanes of at least 4 members (excludes halogenated alkanes) is 2. The van der Waals surface area contributed by atoms with Gasteiger partial charge in [0.2, 0.25) is 0 Å². The van der Waals surface area contributed by atoms with Crippen LogP contribution in [0.1, 0.15) is 135 Å². The number of carbonyl (C=O) groups is 3. The van der Waals surface area contributed by atoms with E-state index in [-0.39, 0.29) is 12.0 Å². The van der Waals surface area contributed by atoms with E-state index in [0.717, 1.165) is 35.3 Å². The molecular formula is C31H55NO4. The van der Waals surface area contributed by atoms with Gasteiger partial charge in [0.1, 0.15) is 17.7 Å². The Hall–Kier alpha value is -2.17. The second-order valence-corrected chi connectivity index (χ2v) is 11.0. The van der Waals surface area contributed by atoms with Crippen LogP contribution in [0.25, 0.3) is 0 Å². The first-order valence-electron chi connectivity index (χ1n) is 13.7. The number of nitrogens with zero attached hydrogens (tertiary/aromatic N) is 1. The lowest BCUT2D eigenvalue weighted by Crippen LogP contribution is -2.33. The summed E-state index contributed by atoms with van der Waals surface area (Å²) in [7, 11) is 0. The van der Waals surface area contributed by atoms with E-state index in [1.807, 2.05) is 53.7 Å². The summed E-state index contributed by atoms with van der Waals surface area (Å²) in [5, 5.41) is 0. The molecule has 1 aromatic rings. The number of hydrogen-bond acceptors (Lipinski definition) is 4. The van der Waals surface area contributed by atoms with Crippen LogP contribution in [0.4, 0.5) is 4.79 Å². The van der Waals surface area contributed by atoms with Crippen molar-refractivity contribution in [1.82, 2.24) is 4.90 Å². The Kier molecular flexibility index (Phi) is 19.0. The third-order valence-electron chi connectivity index (χ3n) is 5.92. The zero-order valence-electron chi connectivity index (χ0n) is 25.4. The molecule has 208 valence electrons. The largest absolute Gasteiger partial charge is 0.444 e. The summed E-state index contributed by atoms with van der Waals surface area (Å²) in [5.41, 5.74) is 3.26. The normalized spacial score (nSPS) is 12.6.